The molecule has 1 fully saturated rings. The predicted octanol–water partition coefficient (Wildman–Crippen LogP) is 4.29. The fourth-order valence-electron chi connectivity index (χ4n) is 2.70. The zero-order chi connectivity index (χ0) is 15.5. The minimum absolute atomic E-state index is 0.289. The first kappa shape index (κ1) is 15.1. The maximum atomic E-state index is 13.5. The molecule has 22 heavy (non-hydrogen) atoms. The van der Waals surface area contributed by atoms with Gasteiger partial charge in [0.05, 0.1) is 0 Å². The molecule has 1 N–H and O–H groups in total. The van der Waals surface area contributed by atoms with Crippen molar-refractivity contribution in [2.75, 3.05) is 5.32 Å². The number of hydrogen-bond acceptors (Lipinski definition) is 4. The average Bonchev–Trinajstić information content (AvgIpc) is 2.99. The molecule has 1 aliphatic rings. The second kappa shape index (κ2) is 6.52. The Morgan fingerprint density at radius 3 is 2.77 bits per heavy atom. The molecule has 1 saturated carbocycles. The first-order valence-electron chi connectivity index (χ1n) is 7.54. The Morgan fingerprint density at radius 2 is 2.05 bits per heavy atom. The van der Waals surface area contributed by atoms with E-state index in [9.17, 15) is 9.18 Å². The van der Waals surface area contributed by atoms with E-state index in [-0.39, 0.29) is 17.3 Å². The van der Waals surface area contributed by atoms with Gasteiger partial charge < -0.3 is 0 Å². The van der Waals surface area contributed by atoms with Crippen LogP contribution in [0.3, 0.4) is 0 Å². The number of aryl methyl sites for hydroxylation is 1. The van der Waals surface area contributed by atoms with Gasteiger partial charge in [0.15, 0.2) is 0 Å². The van der Waals surface area contributed by atoms with Crippen molar-refractivity contribution in [1.29, 1.82) is 0 Å². The molecule has 116 valence electrons. The summed E-state index contributed by atoms with van der Waals surface area (Å²) in [6.07, 6.45) is 6.04. The van der Waals surface area contributed by atoms with Gasteiger partial charge in [-0.15, -0.1) is 10.2 Å². The number of amides is 1. The molecule has 0 saturated heterocycles. The van der Waals surface area contributed by atoms with Crippen LogP contribution < -0.4 is 5.32 Å². The van der Waals surface area contributed by atoms with E-state index in [0.717, 1.165) is 17.8 Å². The van der Waals surface area contributed by atoms with Crippen molar-refractivity contribution in [3.63, 3.8) is 0 Å². The van der Waals surface area contributed by atoms with Gasteiger partial charge in [-0.2, -0.15) is 0 Å². The fourth-order valence-corrected chi connectivity index (χ4v) is 3.61. The van der Waals surface area contributed by atoms with E-state index >= 15 is 0 Å². The van der Waals surface area contributed by atoms with Gasteiger partial charge in [-0.3, -0.25) is 10.1 Å². The minimum Gasteiger partial charge on any atom is -0.296 e. The van der Waals surface area contributed by atoms with Crippen LogP contribution in [0.15, 0.2) is 18.2 Å². The summed E-state index contributed by atoms with van der Waals surface area (Å²) in [4.78, 5) is 12.1. The molecule has 0 radical (unpaired) electrons. The number of nitrogens with one attached hydrogen (secondary N) is 1. The van der Waals surface area contributed by atoms with Crippen LogP contribution in [0, 0.1) is 12.7 Å². The summed E-state index contributed by atoms with van der Waals surface area (Å²) in [7, 11) is 0. The lowest BCUT2D eigenvalue weighted by atomic mass is 9.90. The van der Waals surface area contributed by atoms with Crippen LogP contribution in [0.4, 0.5) is 9.52 Å². The summed E-state index contributed by atoms with van der Waals surface area (Å²) in [5, 5.41) is 12.4. The number of rotatable bonds is 3. The van der Waals surface area contributed by atoms with E-state index in [0.29, 0.717) is 16.6 Å². The molecule has 3 rings (SSSR count). The number of carbonyl (C=O) groups is 1. The van der Waals surface area contributed by atoms with E-state index in [1.54, 1.807) is 19.1 Å². The third-order valence-electron chi connectivity index (χ3n) is 4.05. The highest BCUT2D eigenvalue weighted by molar-refractivity contribution is 7.15. The number of carbonyl (C=O) groups excluding carboxylic acids is 1. The van der Waals surface area contributed by atoms with Crippen molar-refractivity contribution in [2.45, 2.75) is 44.9 Å². The first-order valence-corrected chi connectivity index (χ1v) is 8.36. The van der Waals surface area contributed by atoms with Gasteiger partial charge in [-0.25, -0.2) is 4.39 Å². The molecule has 0 unspecified atom stereocenters. The lowest BCUT2D eigenvalue weighted by molar-refractivity contribution is 0.102. The Bertz CT molecular complexity index is 680. The minimum atomic E-state index is -0.382. The topological polar surface area (TPSA) is 54.9 Å². The molecule has 2 aromatic rings. The van der Waals surface area contributed by atoms with Crippen molar-refractivity contribution < 1.29 is 9.18 Å². The molecule has 1 aromatic heterocycles. The van der Waals surface area contributed by atoms with E-state index in [2.05, 4.69) is 15.5 Å². The predicted molar refractivity (Wildman–Crippen MR) is 84.8 cm³/mol. The summed E-state index contributed by atoms with van der Waals surface area (Å²) in [6, 6.07) is 4.45. The van der Waals surface area contributed by atoms with E-state index in [1.807, 2.05) is 0 Å². The van der Waals surface area contributed by atoms with Gasteiger partial charge in [0.2, 0.25) is 5.13 Å². The molecule has 0 atom stereocenters. The summed E-state index contributed by atoms with van der Waals surface area (Å²) in [6.45, 7) is 1.66. The fraction of sp³-hybridized carbons (Fsp3) is 0.438. The van der Waals surface area contributed by atoms with E-state index in [4.69, 9.17) is 0 Å². The zero-order valence-corrected chi connectivity index (χ0v) is 13.3. The lowest BCUT2D eigenvalue weighted by Gasteiger charge is -2.18. The number of halogens is 1. The van der Waals surface area contributed by atoms with Gasteiger partial charge in [0.25, 0.3) is 5.91 Å². The Kier molecular flexibility index (Phi) is 4.47. The summed E-state index contributed by atoms with van der Waals surface area (Å²) < 4.78 is 13.5. The van der Waals surface area contributed by atoms with Crippen LogP contribution in [0.2, 0.25) is 0 Å². The highest BCUT2D eigenvalue weighted by Gasteiger charge is 2.20. The molecule has 1 aliphatic carbocycles. The molecule has 4 nitrogen and oxygen atoms in total. The van der Waals surface area contributed by atoms with E-state index in [1.165, 1.54) is 36.7 Å². The SMILES string of the molecule is Cc1ccc(C(=O)Nc2nnc(C3CCCCC3)s2)cc1F. The largest absolute Gasteiger partial charge is 0.296 e. The van der Waals surface area contributed by atoms with Crippen molar-refractivity contribution in [2.24, 2.45) is 0 Å². The number of aromatic nitrogens is 2. The average molecular weight is 319 g/mol. The number of anilines is 1. The van der Waals surface area contributed by atoms with Gasteiger partial charge in [0, 0.05) is 11.5 Å². The maximum Gasteiger partial charge on any atom is 0.257 e. The highest BCUT2D eigenvalue weighted by atomic mass is 32.1. The van der Waals surface area contributed by atoms with Gasteiger partial charge >= 0.3 is 0 Å². The van der Waals surface area contributed by atoms with Crippen molar-refractivity contribution in [1.82, 2.24) is 10.2 Å². The van der Waals surface area contributed by atoms with Crippen LogP contribution in [0.25, 0.3) is 0 Å². The Labute approximate surface area is 132 Å². The smallest absolute Gasteiger partial charge is 0.257 e. The summed E-state index contributed by atoms with van der Waals surface area (Å²) in [5.74, 6) is -0.272. The molecule has 0 aliphatic heterocycles. The molecule has 0 bridgehead atoms. The van der Waals surface area contributed by atoms with Crippen LogP contribution in [0.1, 0.15) is 59.0 Å². The number of nitrogens with zero attached hydrogens (tertiary/aromatic N) is 2. The van der Waals surface area contributed by atoms with E-state index < -0.39 is 0 Å². The van der Waals surface area contributed by atoms with Crippen LogP contribution >= 0.6 is 11.3 Å². The van der Waals surface area contributed by atoms with Crippen LogP contribution in [-0.2, 0) is 0 Å². The van der Waals surface area contributed by atoms with Crippen molar-refractivity contribution in [3.8, 4) is 0 Å². The number of benzene rings is 1. The molecular weight excluding hydrogens is 301 g/mol. The van der Waals surface area contributed by atoms with Gasteiger partial charge in [-0.1, -0.05) is 36.7 Å². The monoisotopic (exact) mass is 319 g/mol. The first-order chi connectivity index (χ1) is 10.6. The molecule has 0 spiro atoms. The second-order valence-electron chi connectivity index (χ2n) is 5.70. The van der Waals surface area contributed by atoms with Gasteiger partial charge in [-0.05, 0) is 37.5 Å². The molecule has 1 heterocycles. The normalized spacial score (nSPS) is 15.7. The zero-order valence-electron chi connectivity index (χ0n) is 12.4. The van der Waals surface area contributed by atoms with Crippen molar-refractivity contribution >= 4 is 22.4 Å². The lowest BCUT2D eigenvalue weighted by Crippen LogP contribution is -2.12. The number of hydrogen-bond donors (Lipinski definition) is 1. The van der Waals surface area contributed by atoms with Crippen molar-refractivity contribution in [3.05, 3.63) is 40.2 Å². The van der Waals surface area contributed by atoms with Crippen LogP contribution in [-0.4, -0.2) is 16.1 Å². The summed E-state index contributed by atoms with van der Waals surface area (Å²) in [5.41, 5.74) is 0.810. The maximum absolute atomic E-state index is 13.5. The summed E-state index contributed by atoms with van der Waals surface area (Å²) >= 11 is 1.42. The Balaban J connectivity index is 1.68. The van der Waals surface area contributed by atoms with Crippen LogP contribution in [0.5, 0.6) is 0 Å². The molecular formula is C16H18FN3OS. The third kappa shape index (κ3) is 3.32. The van der Waals surface area contributed by atoms with Gasteiger partial charge in [0.1, 0.15) is 10.8 Å². The molecule has 1 amide bonds. The molecule has 6 heteroatoms. The molecule has 1 aromatic carbocycles. The second-order valence-corrected chi connectivity index (χ2v) is 6.71. The highest BCUT2D eigenvalue weighted by Crippen LogP contribution is 2.35. The quantitative estimate of drug-likeness (QED) is 0.918. The standard InChI is InChI=1S/C16H18FN3OS/c1-10-7-8-12(9-13(10)17)14(21)18-16-20-19-15(22-16)11-5-3-2-4-6-11/h7-9,11H,2-6H2,1H3,(H,18,20,21). The third-order valence-corrected chi connectivity index (χ3v) is 5.05. The Hall–Kier alpha value is -1.82. The Morgan fingerprint density at radius 1 is 1.27 bits per heavy atom.